The zero-order chi connectivity index (χ0) is 20.9. The van der Waals surface area contributed by atoms with Gasteiger partial charge >= 0.3 is 0 Å². The van der Waals surface area contributed by atoms with E-state index in [-0.39, 0.29) is 29.9 Å². The molecular weight excluding hydrogens is 431 g/mol. The van der Waals surface area contributed by atoms with Gasteiger partial charge < -0.3 is 5.32 Å². The van der Waals surface area contributed by atoms with Crippen LogP contribution in [0.1, 0.15) is 37.7 Å². The molecule has 3 rings (SSSR count). The van der Waals surface area contributed by atoms with E-state index in [2.05, 4.69) is 5.32 Å². The summed E-state index contributed by atoms with van der Waals surface area (Å²) in [6.07, 6.45) is 4.56. The zero-order valence-electron chi connectivity index (χ0n) is 16.0. The second kappa shape index (κ2) is 9.94. The fourth-order valence-electron chi connectivity index (χ4n) is 3.56. The molecule has 1 aliphatic carbocycles. The summed E-state index contributed by atoms with van der Waals surface area (Å²) in [6.45, 7) is -0.00811. The number of benzene rings is 2. The monoisotopic (exact) mass is 454 g/mol. The third-order valence-electron chi connectivity index (χ3n) is 5.12. The van der Waals surface area contributed by atoms with E-state index >= 15 is 0 Å². The van der Waals surface area contributed by atoms with Gasteiger partial charge in [0.05, 0.1) is 11.4 Å². The van der Waals surface area contributed by atoms with Gasteiger partial charge in [0, 0.05) is 22.6 Å². The molecule has 29 heavy (non-hydrogen) atoms. The molecule has 0 bridgehead atoms. The van der Waals surface area contributed by atoms with E-state index < -0.39 is 10.0 Å². The minimum Gasteiger partial charge on any atom is -0.351 e. The summed E-state index contributed by atoms with van der Waals surface area (Å²) in [6, 6.07) is 13.2. The first-order chi connectivity index (χ1) is 13.9. The molecule has 2 aromatic rings. The average Bonchev–Trinajstić information content (AvgIpc) is 2.72. The third-order valence-corrected chi connectivity index (χ3v) is 7.62. The predicted octanol–water partition coefficient (Wildman–Crippen LogP) is 4.63. The molecule has 0 saturated heterocycles. The number of hydrogen-bond donors (Lipinski definition) is 1. The van der Waals surface area contributed by atoms with Crippen molar-refractivity contribution < 1.29 is 13.2 Å². The van der Waals surface area contributed by atoms with Crippen LogP contribution in [-0.4, -0.2) is 31.2 Å². The summed E-state index contributed by atoms with van der Waals surface area (Å²) < 4.78 is 27.8. The molecule has 1 fully saturated rings. The van der Waals surface area contributed by atoms with Gasteiger partial charge in [0.1, 0.15) is 0 Å². The Hall–Kier alpha value is -1.60. The second-order valence-corrected chi connectivity index (χ2v) is 9.90. The summed E-state index contributed by atoms with van der Waals surface area (Å²) in [7, 11) is -3.76. The Balaban J connectivity index is 1.75. The number of carbonyl (C=O) groups is 1. The lowest BCUT2D eigenvalue weighted by atomic mass is 9.95. The molecule has 0 atom stereocenters. The average molecular weight is 455 g/mol. The van der Waals surface area contributed by atoms with Crippen LogP contribution in [0, 0.1) is 0 Å². The van der Waals surface area contributed by atoms with E-state index in [4.69, 9.17) is 23.2 Å². The van der Waals surface area contributed by atoms with Crippen LogP contribution in [0.15, 0.2) is 53.4 Å². The maximum absolute atomic E-state index is 13.2. The Kier molecular flexibility index (Phi) is 7.57. The van der Waals surface area contributed by atoms with Gasteiger partial charge in [-0.2, -0.15) is 4.31 Å². The number of halogens is 2. The van der Waals surface area contributed by atoms with Crippen molar-refractivity contribution in [2.45, 2.75) is 49.6 Å². The van der Waals surface area contributed by atoms with E-state index in [0.717, 1.165) is 37.7 Å². The quantitative estimate of drug-likeness (QED) is 0.662. The van der Waals surface area contributed by atoms with Crippen LogP contribution in [0.5, 0.6) is 0 Å². The molecule has 1 aliphatic rings. The lowest BCUT2D eigenvalue weighted by molar-refractivity contribution is -0.121. The summed E-state index contributed by atoms with van der Waals surface area (Å²) in [5.41, 5.74) is 0.722. The molecule has 0 radical (unpaired) electrons. The fraction of sp³-hybridized carbons (Fsp3) is 0.381. The van der Waals surface area contributed by atoms with Crippen molar-refractivity contribution in [3.63, 3.8) is 0 Å². The van der Waals surface area contributed by atoms with E-state index in [0.29, 0.717) is 10.0 Å². The van der Waals surface area contributed by atoms with Crippen LogP contribution < -0.4 is 5.32 Å². The molecule has 0 heterocycles. The smallest absolute Gasteiger partial charge is 0.243 e. The lowest BCUT2D eigenvalue weighted by Crippen LogP contribution is -2.46. The van der Waals surface area contributed by atoms with Crippen LogP contribution in [0.25, 0.3) is 0 Å². The van der Waals surface area contributed by atoms with Gasteiger partial charge in [-0.05, 0) is 42.7 Å². The molecular formula is C21H24Cl2N2O3S. The first-order valence-corrected chi connectivity index (χ1v) is 11.8. The Morgan fingerprint density at radius 3 is 2.38 bits per heavy atom. The summed E-state index contributed by atoms with van der Waals surface area (Å²) in [5, 5.41) is 3.75. The third kappa shape index (κ3) is 5.72. The molecule has 0 unspecified atom stereocenters. The number of carbonyl (C=O) groups excluding carboxylic acids is 1. The van der Waals surface area contributed by atoms with Crippen molar-refractivity contribution in [1.82, 2.24) is 9.62 Å². The minimum absolute atomic E-state index is 0.168. The number of amides is 1. The first kappa shape index (κ1) is 22.1. The van der Waals surface area contributed by atoms with Gasteiger partial charge in [0.15, 0.2) is 0 Å². The van der Waals surface area contributed by atoms with Crippen molar-refractivity contribution in [1.29, 1.82) is 0 Å². The van der Waals surface area contributed by atoms with Crippen LogP contribution in [-0.2, 0) is 21.4 Å². The highest BCUT2D eigenvalue weighted by molar-refractivity contribution is 7.89. The summed E-state index contributed by atoms with van der Waals surface area (Å²) in [5.74, 6) is -0.360. The van der Waals surface area contributed by atoms with E-state index in [1.54, 1.807) is 48.5 Å². The van der Waals surface area contributed by atoms with Crippen LogP contribution >= 0.6 is 23.2 Å². The maximum atomic E-state index is 13.2. The van der Waals surface area contributed by atoms with Crippen molar-refractivity contribution in [2.75, 3.05) is 6.54 Å². The van der Waals surface area contributed by atoms with E-state index in [9.17, 15) is 13.2 Å². The van der Waals surface area contributed by atoms with Crippen molar-refractivity contribution >= 4 is 39.1 Å². The van der Waals surface area contributed by atoms with Gasteiger partial charge in [0.2, 0.25) is 15.9 Å². The Bertz CT molecular complexity index is 946. The highest BCUT2D eigenvalue weighted by atomic mass is 35.5. The Morgan fingerprint density at radius 1 is 1.03 bits per heavy atom. The molecule has 8 heteroatoms. The van der Waals surface area contributed by atoms with E-state index in [1.165, 1.54) is 4.31 Å². The standard InChI is InChI=1S/C21H24Cl2N2O3S/c22-17-12-11-16(20(23)13-17)14-24-21(26)15-25(18-7-3-1-4-8-18)29(27,28)19-9-5-2-6-10-19/h2,5-6,9-13,18H,1,3-4,7-8,14-15H2,(H,24,26). The fourth-order valence-corrected chi connectivity index (χ4v) is 5.70. The molecule has 5 nitrogen and oxygen atoms in total. The molecule has 1 amide bonds. The minimum atomic E-state index is -3.76. The Morgan fingerprint density at radius 2 is 1.72 bits per heavy atom. The van der Waals surface area contributed by atoms with Gasteiger partial charge in [-0.25, -0.2) is 8.42 Å². The van der Waals surface area contributed by atoms with Crippen LogP contribution in [0.3, 0.4) is 0 Å². The molecule has 0 spiro atoms. The SMILES string of the molecule is O=C(CN(C1CCCCC1)S(=O)(=O)c1ccccc1)NCc1ccc(Cl)cc1Cl. The molecule has 0 aliphatic heterocycles. The van der Waals surface area contributed by atoms with E-state index in [1.807, 2.05) is 0 Å². The second-order valence-electron chi connectivity index (χ2n) is 7.17. The largest absolute Gasteiger partial charge is 0.351 e. The normalized spacial score (nSPS) is 15.4. The van der Waals surface area contributed by atoms with Gasteiger partial charge in [-0.1, -0.05) is 66.7 Å². The number of sulfonamides is 1. The molecule has 156 valence electrons. The number of rotatable bonds is 7. The first-order valence-electron chi connectivity index (χ1n) is 9.65. The summed E-state index contributed by atoms with van der Waals surface area (Å²) >= 11 is 12.0. The van der Waals surface area contributed by atoms with Crippen molar-refractivity contribution in [3.8, 4) is 0 Å². The number of hydrogen-bond acceptors (Lipinski definition) is 3. The van der Waals surface area contributed by atoms with Crippen LogP contribution in [0.4, 0.5) is 0 Å². The maximum Gasteiger partial charge on any atom is 0.243 e. The summed E-state index contributed by atoms with van der Waals surface area (Å²) in [4.78, 5) is 12.8. The molecule has 2 aromatic carbocycles. The topological polar surface area (TPSA) is 66.5 Å². The highest BCUT2D eigenvalue weighted by Crippen LogP contribution is 2.27. The van der Waals surface area contributed by atoms with Gasteiger partial charge in [-0.15, -0.1) is 0 Å². The predicted molar refractivity (Wildman–Crippen MR) is 116 cm³/mol. The van der Waals surface area contributed by atoms with Gasteiger partial charge in [-0.3, -0.25) is 4.79 Å². The zero-order valence-corrected chi connectivity index (χ0v) is 18.3. The molecule has 1 N–H and O–H groups in total. The number of nitrogens with zero attached hydrogens (tertiary/aromatic N) is 1. The van der Waals surface area contributed by atoms with Crippen molar-refractivity contribution in [3.05, 3.63) is 64.1 Å². The van der Waals surface area contributed by atoms with Crippen molar-refractivity contribution in [2.24, 2.45) is 0 Å². The molecule has 1 saturated carbocycles. The Labute approximate surface area is 182 Å². The van der Waals surface area contributed by atoms with Crippen LogP contribution in [0.2, 0.25) is 10.0 Å². The molecule has 0 aromatic heterocycles. The number of nitrogens with one attached hydrogen (secondary N) is 1. The lowest BCUT2D eigenvalue weighted by Gasteiger charge is -2.33. The highest BCUT2D eigenvalue weighted by Gasteiger charge is 2.33. The van der Waals surface area contributed by atoms with Gasteiger partial charge in [0.25, 0.3) is 0 Å².